The Labute approximate surface area is 150 Å². The molecule has 0 spiro atoms. The fourth-order valence-electron chi connectivity index (χ4n) is 2.92. The Morgan fingerprint density at radius 2 is 1.64 bits per heavy atom. The molecular weight excluding hydrogens is 314 g/mol. The average Bonchev–Trinajstić information content (AvgIpc) is 2.54. The van der Waals surface area contributed by atoms with Gasteiger partial charge >= 0.3 is 0 Å². The number of hydrogen-bond acceptors (Lipinski definition) is 3. The van der Waals surface area contributed by atoms with Crippen LogP contribution in [0.3, 0.4) is 0 Å². The van der Waals surface area contributed by atoms with Gasteiger partial charge in [0.2, 0.25) is 0 Å². The number of ether oxygens (including phenoxy) is 2. The number of benzene rings is 2. The van der Waals surface area contributed by atoms with Gasteiger partial charge in [0.25, 0.3) is 5.91 Å². The number of rotatable bonds is 7. The van der Waals surface area contributed by atoms with E-state index in [1.165, 1.54) is 5.56 Å². The molecule has 0 aliphatic heterocycles. The van der Waals surface area contributed by atoms with Gasteiger partial charge in [0.05, 0.1) is 12.6 Å². The quantitative estimate of drug-likeness (QED) is 0.818. The van der Waals surface area contributed by atoms with E-state index < -0.39 is 0 Å². The Balaban J connectivity index is 1.91. The molecule has 4 nitrogen and oxygen atoms in total. The van der Waals surface area contributed by atoms with Crippen LogP contribution in [-0.2, 0) is 4.79 Å². The Kier molecular flexibility index (Phi) is 6.45. The van der Waals surface area contributed by atoms with E-state index in [1.54, 1.807) is 0 Å². The van der Waals surface area contributed by atoms with Crippen molar-refractivity contribution in [2.24, 2.45) is 0 Å². The van der Waals surface area contributed by atoms with Crippen LogP contribution in [0.25, 0.3) is 0 Å². The summed E-state index contributed by atoms with van der Waals surface area (Å²) in [5.41, 5.74) is 4.31. The van der Waals surface area contributed by atoms with E-state index in [1.807, 2.05) is 52.0 Å². The fraction of sp³-hybridized carbons (Fsp3) is 0.381. The van der Waals surface area contributed by atoms with Gasteiger partial charge in [0.15, 0.2) is 6.61 Å². The van der Waals surface area contributed by atoms with Crippen LogP contribution >= 0.6 is 0 Å². The minimum absolute atomic E-state index is 0.00606. The standard InChI is InChI=1S/C21H27NO3/c1-6-24-19-9-7-18(8-10-19)17(5)22-20(23)13-25-21-15(3)11-14(2)12-16(21)4/h7-12,17H,6,13H2,1-5H3,(H,22,23). The molecule has 0 saturated carbocycles. The Hall–Kier alpha value is -2.49. The first kappa shape index (κ1) is 18.8. The van der Waals surface area contributed by atoms with Crippen molar-refractivity contribution in [1.29, 1.82) is 0 Å². The van der Waals surface area contributed by atoms with Crippen LogP contribution in [0.4, 0.5) is 0 Å². The molecule has 25 heavy (non-hydrogen) atoms. The lowest BCUT2D eigenvalue weighted by Gasteiger charge is -2.17. The van der Waals surface area contributed by atoms with Crippen molar-refractivity contribution in [3.8, 4) is 11.5 Å². The molecule has 0 heterocycles. The van der Waals surface area contributed by atoms with Crippen LogP contribution in [0.5, 0.6) is 11.5 Å². The monoisotopic (exact) mass is 341 g/mol. The number of hydrogen-bond donors (Lipinski definition) is 1. The molecule has 2 rings (SSSR count). The summed E-state index contributed by atoms with van der Waals surface area (Å²) in [5, 5.41) is 2.96. The van der Waals surface area contributed by atoms with Gasteiger partial charge in [-0.2, -0.15) is 0 Å². The van der Waals surface area contributed by atoms with Crippen molar-refractivity contribution < 1.29 is 14.3 Å². The molecule has 4 heteroatoms. The Morgan fingerprint density at radius 1 is 1.04 bits per heavy atom. The summed E-state index contributed by atoms with van der Waals surface area (Å²) in [6, 6.07) is 11.8. The second kappa shape index (κ2) is 8.56. The number of carbonyl (C=O) groups excluding carboxylic acids is 1. The fourth-order valence-corrected chi connectivity index (χ4v) is 2.92. The predicted octanol–water partition coefficient (Wildman–Crippen LogP) is 4.27. The molecule has 0 aromatic heterocycles. The molecular formula is C21H27NO3. The summed E-state index contributed by atoms with van der Waals surface area (Å²) in [7, 11) is 0. The van der Waals surface area contributed by atoms with Gasteiger partial charge in [-0.25, -0.2) is 0 Å². The van der Waals surface area contributed by atoms with Crippen molar-refractivity contribution in [3.63, 3.8) is 0 Å². The highest BCUT2D eigenvalue weighted by Gasteiger charge is 2.12. The minimum Gasteiger partial charge on any atom is -0.494 e. The largest absolute Gasteiger partial charge is 0.494 e. The molecule has 0 aliphatic rings. The SMILES string of the molecule is CCOc1ccc(C(C)NC(=O)COc2c(C)cc(C)cc2C)cc1. The van der Waals surface area contributed by atoms with E-state index in [2.05, 4.69) is 24.4 Å². The van der Waals surface area contributed by atoms with Crippen LogP contribution < -0.4 is 14.8 Å². The third-order valence-electron chi connectivity index (χ3n) is 4.02. The van der Waals surface area contributed by atoms with Crippen molar-refractivity contribution >= 4 is 5.91 Å². The molecule has 0 aliphatic carbocycles. The van der Waals surface area contributed by atoms with Gasteiger partial charge in [-0.15, -0.1) is 0 Å². The van der Waals surface area contributed by atoms with Crippen LogP contribution in [-0.4, -0.2) is 19.1 Å². The number of aryl methyl sites for hydroxylation is 3. The first-order chi connectivity index (χ1) is 11.9. The minimum atomic E-state index is -0.138. The third-order valence-corrected chi connectivity index (χ3v) is 4.02. The molecule has 0 fully saturated rings. The zero-order chi connectivity index (χ0) is 18.4. The lowest BCUT2D eigenvalue weighted by molar-refractivity contribution is -0.123. The molecule has 2 aromatic carbocycles. The summed E-state index contributed by atoms with van der Waals surface area (Å²) in [5.74, 6) is 1.48. The summed E-state index contributed by atoms with van der Waals surface area (Å²) in [6.07, 6.45) is 0. The van der Waals surface area contributed by atoms with E-state index in [0.29, 0.717) is 6.61 Å². The Bertz CT molecular complexity index is 699. The maximum absolute atomic E-state index is 12.2. The van der Waals surface area contributed by atoms with Crippen molar-refractivity contribution in [2.45, 2.75) is 40.7 Å². The van der Waals surface area contributed by atoms with Gasteiger partial charge in [-0.1, -0.05) is 29.8 Å². The highest BCUT2D eigenvalue weighted by Crippen LogP contribution is 2.24. The molecule has 1 amide bonds. The van der Waals surface area contributed by atoms with Crippen molar-refractivity contribution in [2.75, 3.05) is 13.2 Å². The molecule has 1 unspecified atom stereocenters. The lowest BCUT2D eigenvalue weighted by atomic mass is 10.1. The van der Waals surface area contributed by atoms with Gasteiger partial charge in [-0.3, -0.25) is 4.79 Å². The van der Waals surface area contributed by atoms with E-state index in [-0.39, 0.29) is 18.6 Å². The van der Waals surface area contributed by atoms with E-state index in [4.69, 9.17) is 9.47 Å². The third kappa shape index (κ3) is 5.24. The second-order valence-electron chi connectivity index (χ2n) is 6.31. The highest BCUT2D eigenvalue weighted by molar-refractivity contribution is 5.78. The summed E-state index contributed by atoms with van der Waals surface area (Å²) >= 11 is 0. The topological polar surface area (TPSA) is 47.6 Å². The molecule has 1 atom stereocenters. The maximum Gasteiger partial charge on any atom is 0.258 e. The van der Waals surface area contributed by atoms with E-state index >= 15 is 0 Å². The van der Waals surface area contributed by atoms with E-state index in [0.717, 1.165) is 28.2 Å². The van der Waals surface area contributed by atoms with E-state index in [9.17, 15) is 4.79 Å². The predicted molar refractivity (Wildman–Crippen MR) is 100 cm³/mol. The first-order valence-electron chi connectivity index (χ1n) is 8.63. The Morgan fingerprint density at radius 3 is 2.20 bits per heavy atom. The van der Waals surface area contributed by atoms with Crippen LogP contribution in [0.1, 0.15) is 42.1 Å². The van der Waals surface area contributed by atoms with Gasteiger partial charge in [0.1, 0.15) is 11.5 Å². The molecule has 1 N–H and O–H groups in total. The van der Waals surface area contributed by atoms with Crippen molar-refractivity contribution in [1.82, 2.24) is 5.32 Å². The van der Waals surface area contributed by atoms with Crippen LogP contribution in [0, 0.1) is 20.8 Å². The summed E-state index contributed by atoms with van der Waals surface area (Å²) in [4.78, 5) is 12.2. The molecule has 2 aromatic rings. The highest BCUT2D eigenvalue weighted by atomic mass is 16.5. The average molecular weight is 341 g/mol. The molecule has 0 radical (unpaired) electrons. The summed E-state index contributed by atoms with van der Waals surface area (Å²) < 4.78 is 11.2. The number of carbonyl (C=O) groups is 1. The van der Waals surface area contributed by atoms with Gasteiger partial charge in [0, 0.05) is 0 Å². The second-order valence-corrected chi connectivity index (χ2v) is 6.31. The molecule has 0 saturated heterocycles. The molecule has 0 bridgehead atoms. The number of amides is 1. The zero-order valence-corrected chi connectivity index (χ0v) is 15.7. The lowest BCUT2D eigenvalue weighted by Crippen LogP contribution is -2.31. The zero-order valence-electron chi connectivity index (χ0n) is 15.7. The van der Waals surface area contributed by atoms with Crippen LogP contribution in [0.2, 0.25) is 0 Å². The van der Waals surface area contributed by atoms with Crippen molar-refractivity contribution in [3.05, 3.63) is 58.7 Å². The maximum atomic E-state index is 12.2. The van der Waals surface area contributed by atoms with Crippen LogP contribution in [0.15, 0.2) is 36.4 Å². The van der Waals surface area contributed by atoms with Gasteiger partial charge in [-0.05, 0) is 63.4 Å². The van der Waals surface area contributed by atoms with Gasteiger partial charge < -0.3 is 14.8 Å². The number of nitrogens with one attached hydrogen (secondary N) is 1. The first-order valence-corrected chi connectivity index (χ1v) is 8.63. The normalized spacial score (nSPS) is 11.7. The summed E-state index contributed by atoms with van der Waals surface area (Å²) in [6.45, 7) is 10.6. The smallest absolute Gasteiger partial charge is 0.258 e. The molecule has 134 valence electrons.